The molecule has 4 rings (SSSR count). The Bertz CT molecular complexity index is 1110. The van der Waals surface area contributed by atoms with Gasteiger partial charge in [-0.3, -0.25) is 9.59 Å². The molecule has 33 heavy (non-hydrogen) atoms. The molecule has 2 heterocycles. The van der Waals surface area contributed by atoms with Gasteiger partial charge in [0.25, 0.3) is 5.91 Å². The van der Waals surface area contributed by atoms with E-state index in [-0.39, 0.29) is 30.4 Å². The van der Waals surface area contributed by atoms with E-state index in [1.165, 1.54) is 5.56 Å². The Morgan fingerprint density at radius 1 is 1.03 bits per heavy atom. The Morgan fingerprint density at radius 2 is 1.82 bits per heavy atom. The molecule has 0 fully saturated rings. The third-order valence-corrected chi connectivity index (χ3v) is 6.83. The number of benzene rings is 2. The van der Waals surface area contributed by atoms with Gasteiger partial charge >= 0.3 is 0 Å². The molecule has 1 unspecified atom stereocenters. The van der Waals surface area contributed by atoms with Crippen molar-refractivity contribution in [2.45, 2.75) is 45.7 Å². The van der Waals surface area contributed by atoms with E-state index in [1.54, 1.807) is 11.3 Å². The number of thiophene rings is 1. The number of hydrogen-bond acceptors (Lipinski definition) is 4. The predicted molar refractivity (Wildman–Crippen MR) is 135 cm³/mol. The van der Waals surface area contributed by atoms with E-state index in [2.05, 4.69) is 52.8 Å². The highest BCUT2D eigenvalue weighted by atomic mass is 32.1. The van der Waals surface area contributed by atoms with E-state index in [9.17, 15) is 9.59 Å². The van der Waals surface area contributed by atoms with Crippen LogP contribution in [-0.2, 0) is 11.2 Å². The van der Waals surface area contributed by atoms with E-state index in [0.717, 1.165) is 41.1 Å². The minimum Gasteiger partial charge on any atom is -0.362 e. The van der Waals surface area contributed by atoms with Crippen LogP contribution in [0.2, 0.25) is 0 Å². The summed E-state index contributed by atoms with van der Waals surface area (Å²) in [7, 11) is 0. The fourth-order valence-corrected chi connectivity index (χ4v) is 5.13. The SMILES string of the molecule is Cc1ccc(C(NC(=O)CN2CCCc3c(C(=O)NC(C)C)cccc32)c2cccs2)cc1. The minimum absolute atomic E-state index is 0.0288. The molecule has 0 saturated heterocycles. The van der Waals surface area contributed by atoms with Crippen LogP contribution < -0.4 is 15.5 Å². The summed E-state index contributed by atoms with van der Waals surface area (Å²) >= 11 is 1.64. The largest absolute Gasteiger partial charge is 0.362 e. The molecule has 0 radical (unpaired) electrons. The van der Waals surface area contributed by atoms with Gasteiger partial charge in [-0.25, -0.2) is 0 Å². The first-order valence-electron chi connectivity index (χ1n) is 11.5. The number of nitrogens with zero attached hydrogens (tertiary/aromatic N) is 1. The monoisotopic (exact) mass is 461 g/mol. The van der Waals surface area contributed by atoms with Crippen molar-refractivity contribution >= 4 is 28.8 Å². The summed E-state index contributed by atoms with van der Waals surface area (Å²) in [5.41, 5.74) is 4.99. The molecule has 1 aliphatic heterocycles. The van der Waals surface area contributed by atoms with Gasteiger partial charge in [0, 0.05) is 28.7 Å². The molecule has 2 amide bonds. The molecule has 0 saturated carbocycles. The molecular weight excluding hydrogens is 430 g/mol. The van der Waals surface area contributed by atoms with Crippen molar-refractivity contribution in [1.29, 1.82) is 0 Å². The number of anilines is 1. The molecule has 2 N–H and O–H groups in total. The van der Waals surface area contributed by atoms with E-state index >= 15 is 0 Å². The van der Waals surface area contributed by atoms with Crippen LogP contribution in [0.4, 0.5) is 5.69 Å². The third-order valence-electron chi connectivity index (χ3n) is 5.89. The summed E-state index contributed by atoms with van der Waals surface area (Å²) in [6.07, 6.45) is 1.76. The van der Waals surface area contributed by atoms with E-state index in [1.807, 2.05) is 43.5 Å². The maximum atomic E-state index is 13.2. The second-order valence-corrected chi connectivity index (χ2v) is 9.86. The van der Waals surface area contributed by atoms with Crippen LogP contribution in [0.1, 0.15) is 58.2 Å². The van der Waals surface area contributed by atoms with Crippen molar-refractivity contribution in [2.75, 3.05) is 18.0 Å². The molecule has 1 atom stereocenters. The van der Waals surface area contributed by atoms with Crippen molar-refractivity contribution in [3.05, 3.63) is 87.1 Å². The van der Waals surface area contributed by atoms with Crippen molar-refractivity contribution in [2.24, 2.45) is 0 Å². The van der Waals surface area contributed by atoms with Crippen LogP contribution in [0.3, 0.4) is 0 Å². The van der Waals surface area contributed by atoms with Crippen LogP contribution in [0.25, 0.3) is 0 Å². The Balaban J connectivity index is 1.53. The molecule has 3 aromatic rings. The van der Waals surface area contributed by atoms with Gasteiger partial charge in [0.2, 0.25) is 5.91 Å². The van der Waals surface area contributed by atoms with E-state index < -0.39 is 0 Å². The van der Waals surface area contributed by atoms with Gasteiger partial charge in [-0.15, -0.1) is 11.3 Å². The summed E-state index contributed by atoms with van der Waals surface area (Å²) in [6.45, 7) is 7.04. The van der Waals surface area contributed by atoms with Gasteiger partial charge in [-0.2, -0.15) is 0 Å². The van der Waals surface area contributed by atoms with Crippen LogP contribution in [-0.4, -0.2) is 30.9 Å². The number of carbonyl (C=O) groups is 2. The second-order valence-electron chi connectivity index (χ2n) is 8.88. The Kier molecular flexibility index (Phi) is 7.14. The van der Waals surface area contributed by atoms with Gasteiger partial charge in [0.05, 0.1) is 12.6 Å². The number of aryl methyl sites for hydroxylation is 1. The average Bonchev–Trinajstić information content (AvgIpc) is 3.32. The van der Waals surface area contributed by atoms with Crippen LogP contribution in [0.5, 0.6) is 0 Å². The smallest absolute Gasteiger partial charge is 0.251 e. The van der Waals surface area contributed by atoms with Crippen molar-refractivity contribution in [3.8, 4) is 0 Å². The van der Waals surface area contributed by atoms with E-state index in [4.69, 9.17) is 0 Å². The Hall–Kier alpha value is -3.12. The van der Waals surface area contributed by atoms with Gasteiger partial charge in [-0.05, 0) is 68.3 Å². The summed E-state index contributed by atoms with van der Waals surface area (Å²) in [5, 5.41) is 8.28. The normalized spacial score (nSPS) is 14.0. The number of nitrogens with one attached hydrogen (secondary N) is 2. The lowest BCUT2D eigenvalue weighted by Crippen LogP contribution is -2.41. The molecule has 172 valence electrons. The quantitative estimate of drug-likeness (QED) is 0.529. The summed E-state index contributed by atoms with van der Waals surface area (Å²) in [5.74, 6) is -0.0795. The third kappa shape index (κ3) is 5.45. The molecule has 0 bridgehead atoms. The fraction of sp³-hybridized carbons (Fsp3) is 0.333. The number of amides is 2. The highest BCUT2D eigenvalue weighted by molar-refractivity contribution is 7.10. The highest BCUT2D eigenvalue weighted by Crippen LogP contribution is 2.31. The molecule has 1 aromatic heterocycles. The maximum Gasteiger partial charge on any atom is 0.251 e. The summed E-state index contributed by atoms with van der Waals surface area (Å²) < 4.78 is 0. The van der Waals surface area contributed by atoms with Gasteiger partial charge in [-0.1, -0.05) is 42.0 Å². The summed E-state index contributed by atoms with van der Waals surface area (Å²) in [4.78, 5) is 29.1. The highest BCUT2D eigenvalue weighted by Gasteiger charge is 2.25. The molecule has 0 aliphatic carbocycles. The molecular formula is C27H31N3O2S. The fourth-order valence-electron chi connectivity index (χ4n) is 4.33. The predicted octanol–water partition coefficient (Wildman–Crippen LogP) is 4.85. The average molecular weight is 462 g/mol. The molecule has 6 heteroatoms. The maximum absolute atomic E-state index is 13.2. The van der Waals surface area contributed by atoms with Gasteiger partial charge in [0.1, 0.15) is 0 Å². The molecule has 1 aliphatic rings. The van der Waals surface area contributed by atoms with E-state index in [0.29, 0.717) is 5.56 Å². The number of rotatable bonds is 7. The first-order valence-corrected chi connectivity index (χ1v) is 12.4. The minimum atomic E-state index is -0.175. The standard InChI is InChI=1S/C27H31N3O2S/c1-18(2)28-27(32)22-7-4-9-23-21(22)8-5-15-30(23)17-25(31)29-26(24-10-6-16-33-24)20-13-11-19(3)12-14-20/h4,6-7,9-14,16,18,26H,5,8,15,17H2,1-3H3,(H,28,32)(H,29,31). The number of fused-ring (bicyclic) bond motifs is 1. The lowest BCUT2D eigenvalue weighted by Gasteiger charge is -2.32. The number of hydrogen-bond donors (Lipinski definition) is 2. The lowest BCUT2D eigenvalue weighted by molar-refractivity contribution is -0.120. The molecule has 0 spiro atoms. The second kappa shape index (κ2) is 10.2. The molecule has 5 nitrogen and oxygen atoms in total. The Labute approximate surface area is 199 Å². The van der Waals surface area contributed by atoms with Gasteiger partial charge in [0.15, 0.2) is 0 Å². The zero-order chi connectivity index (χ0) is 23.4. The topological polar surface area (TPSA) is 61.4 Å². The first kappa shape index (κ1) is 23.1. The van der Waals surface area contributed by atoms with Crippen molar-refractivity contribution in [1.82, 2.24) is 10.6 Å². The van der Waals surface area contributed by atoms with Crippen LogP contribution in [0, 0.1) is 6.92 Å². The van der Waals surface area contributed by atoms with Crippen molar-refractivity contribution in [3.63, 3.8) is 0 Å². The van der Waals surface area contributed by atoms with Crippen LogP contribution in [0.15, 0.2) is 60.0 Å². The summed E-state index contributed by atoms with van der Waals surface area (Å²) in [6, 6.07) is 18.1. The molecule has 2 aromatic carbocycles. The van der Waals surface area contributed by atoms with Crippen molar-refractivity contribution < 1.29 is 9.59 Å². The number of carbonyl (C=O) groups excluding carboxylic acids is 2. The Morgan fingerprint density at radius 3 is 2.52 bits per heavy atom. The lowest BCUT2D eigenvalue weighted by atomic mass is 9.95. The zero-order valence-corrected chi connectivity index (χ0v) is 20.2. The van der Waals surface area contributed by atoms with Crippen LogP contribution >= 0.6 is 11.3 Å². The first-order chi connectivity index (χ1) is 15.9. The van der Waals surface area contributed by atoms with Gasteiger partial charge < -0.3 is 15.5 Å². The zero-order valence-electron chi connectivity index (χ0n) is 19.4.